The monoisotopic (exact) mass is 383 g/mol. The van der Waals surface area contributed by atoms with Crippen LogP contribution in [0.5, 0.6) is 0 Å². The van der Waals surface area contributed by atoms with Crippen LogP contribution >= 0.6 is 0 Å². The molecule has 0 bridgehead atoms. The van der Waals surface area contributed by atoms with Gasteiger partial charge in [-0.2, -0.15) is 0 Å². The number of amides is 2. The maximum atomic E-state index is 12.2. The number of benzene rings is 3. The zero-order chi connectivity index (χ0) is 20.1. The third-order valence-electron chi connectivity index (χ3n) is 4.77. The van der Waals surface area contributed by atoms with Crippen LogP contribution in [0.15, 0.2) is 78.9 Å². The van der Waals surface area contributed by atoms with E-state index in [4.69, 9.17) is 0 Å². The van der Waals surface area contributed by atoms with Gasteiger partial charge in [-0.15, -0.1) is 0 Å². The Morgan fingerprint density at radius 1 is 0.759 bits per heavy atom. The van der Waals surface area contributed by atoms with Crippen molar-refractivity contribution in [1.29, 1.82) is 0 Å². The van der Waals surface area contributed by atoms with Crippen LogP contribution in [0.1, 0.15) is 12.1 Å². The molecule has 5 nitrogen and oxygen atoms in total. The number of pyridine rings is 1. The van der Waals surface area contributed by atoms with Crippen LogP contribution < -0.4 is 10.6 Å². The molecule has 0 aliphatic rings. The third kappa shape index (κ3) is 4.58. The van der Waals surface area contributed by atoms with E-state index in [2.05, 4.69) is 15.6 Å². The van der Waals surface area contributed by atoms with Crippen molar-refractivity contribution in [2.75, 3.05) is 11.9 Å². The molecule has 5 heteroatoms. The highest BCUT2D eigenvalue weighted by atomic mass is 16.2. The van der Waals surface area contributed by atoms with Gasteiger partial charge in [-0.25, -0.2) is 0 Å². The number of carbonyl (C=O) groups is 2. The number of nitrogens with zero attached hydrogens (tertiary/aromatic N) is 1. The Balaban J connectivity index is 1.29. The summed E-state index contributed by atoms with van der Waals surface area (Å²) >= 11 is 0. The molecule has 4 rings (SSSR count). The Kier molecular flexibility index (Phi) is 5.47. The molecular formula is C24H21N3O2. The Morgan fingerprint density at radius 2 is 1.52 bits per heavy atom. The van der Waals surface area contributed by atoms with Crippen molar-refractivity contribution in [2.24, 2.45) is 0 Å². The number of para-hydroxylation sites is 1. The van der Waals surface area contributed by atoms with Crippen LogP contribution in [0, 0.1) is 0 Å². The van der Waals surface area contributed by atoms with Gasteiger partial charge in [-0.3, -0.25) is 14.6 Å². The van der Waals surface area contributed by atoms with Crippen LogP contribution in [0.2, 0.25) is 0 Å². The first-order valence-corrected chi connectivity index (χ1v) is 9.58. The van der Waals surface area contributed by atoms with Crippen molar-refractivity contribution in [3.8, 4) is 0 Å². The Morgan fingerprint density at radius 3 is 2.41 bits per heavy atom. The molecular weight excluding hydrogens is 362 g/mol. The molecule has 0 aliphatic heterocycles. The smallest absolute Gasteiger partial charge is 0.243 e. The van der Waals surface area contributed by atoms with E-state index in [0.29, 0.717) is 6.42 Å². The molecule has 0 saturated heterocycles. The minimum Gasteiger partial charge on any atom is -0.347 e. The molecule has 29 heavy (non-hydrogen) atoms. The fourth-order valence-electron chi connectivity index (χ4n) is 3.29. The van der Waals surface area contributed by atoms with Gasteiger partial charge in [0.25, 0.3) is 0 Å². The van der Waals surface area contributed by atoms with E-state index in [9.17, 15) is 9.59 Å². The average Bonchev–Trinajstić information content (AvgIpc) is 2.76. The highest BCUT2D eigenvalue weighted by molar-refractivity contribution is 6.03. The molecule has 2 amide bonds. The summed E-state index contributed by atoms with van der Waals surface area (Å²) in [5.74, 6) is -0.424. The number of hydrogen-bond donors (Lipinski definition) is 2. The summed E-state index contributed by atoms with van der Waals surface area (Å²) in [6.07, 6.45) is 0.814. The number of aryl methyl sites for hydroxylation is 1. The topological polar surface area (TPSA) is 71.1 Å². The van der Waals surface area contributed by atoms with Gasteiger partial charge in [0, 0.05) is 28.6 Å². The summed E-state index contributed by atoms with van der Waals surface area (Å²) in [5.41, 5.74) is 2.52. The van der Waals surface area contributed by atoms with Gasteiger partial charge in [-0.05, 0) is 30.0 Å². The lowest BCUT2D eigenvalue weighted by Gasteiger charge is -2.09. The number of carbonyl (C=O) groups excluding carboxylic acids is 2. The zero-order valence-electron chi connectivity index (χ0n) is 15.9. The third-order valence-corrected chi connectivity index (χ3v) is 4.77. The van der Waals surface area contributed by atoms with E-state index >= 15 is 0 Å². The van der Waals surface area contributed by atoms with Crippen molar-refractivity contribution in [3.05, 3.63) is 84.6 Å². The maximum Gasteiger partial charge on any atom is 0.243 e. The number of aromatic nitrogens is 1. The Labute approximate surface area is 168 Å². The highest BCUT2D eigenvalue weighted by Crippen LogP contribution is 2.22. The summed E-state index contributed by atoms with van der Waals surface area (Å²) in [5, 5.41) is 8.64. The molecule has 0 unspecified atom stereocenters. The molecule has 2 N–H and O–H groups in total. The number of fused-ring (bicyclic) bond motifs is 2. The molecule has 144 valence electrons. The second-order valence-corrected chi connectivity index (χ2v) is 6.85. The summed E-state index contributed by atoms with van der Waals surface area (Å²) < 4.78 is 0. The first-order valence-electron chi connectivity index (χ1n) is 9.58. The minimum atomic E-state index is -0.251. The fourth-order valence-corrected chi connectivity index (χ4v) is 3.29. The summed E-state index contributed by atoms with van der Waals surface area (Å²) in [4.78, 5) is 28.9. The zero-order valence-corrected chi connectivity index (χ0v) is 15.9. The molecule has 1 aromatic heterocycles. The average molecular weight is 383 g/mol. The summed E-state index contributed by atoms with van der Waals surface area (Å²) in [7, 11) is 0. The molecule has 0 spiro atoms. The van der Waals surface area contributed by atoms with Crippen LogP contribution in [0.25, 0.3) is 21.7 Å². The molecule has 0 fully saturated rings. The van der Waals surface area contributed by atoms with Crippen molar-refractivity contribution in [2.45, 2.75) is 12.8 Å². The van der Waals surface area contributed by atoms with E-state index in [1.165, 1.54) is 0 Å². The molecule has 0 aliphatic carbocycles. The summed E-state index contributed by atoms with van der Waals surface area (Å²) in [6, 6.07) is 25.4. The SMILES string of the molecule is O=C(CCc1ccc2ccccc2n1)NCC(=O)Nc1cccc2ccccc12. The predicted molar refractivity (Wildman–Crippen MR) is 116 cm³/mol. The maximum absolute atomic E-state index is 12.2. The van der Waals surface area contributed by atoms with Crippen molar-refractivity contribution in [1.82, 2.24) is 10.3 Å². The second-order valence-electron chi connectivity index (χ2n) is 6.85. The number of rotatable bonds is 6. The van der Waals surface area contributed by atoms with Gasteiger partial charge in [0.15, 0.2) is 0 Å². The lowest BCUT2D eigenvalue weighted by Crippen LogP contribution is -2.33. The van der Waals surface area contributed by atoms with Crippen LogP contribution in [0.4, 0.5) is 5.69 Å². The van der Waals surface area contributed by atoms with E-state index in [-0.39, 0.29) is 24.8 Å². The number of nitrogens with one attached hydrogen (secondary N) is 2. The fraction of sp³-hybridized carbons (Fsp3) is 0.125. The molecule has 0 atom stereocenters. The Hall–Kier alpha value is -3.73. The number of anilines is 1. The number of hydrogen-bond acceptors (Lipinski definition) is 3. The normalized spacial score (nSPS) is 10.8. The van der Waals surface area contributed by atoms with Crippen molar-refractivity contribution >= 4 is 39.2 Å². The van der Waals surface area contributed by atoms with Gasteiger partial charge >= 0.3 is 0 Å². The van der Waals surface area contributed by atoms with Gasteiger partial charge in [-0.1, -0.05) is 60.7 Å². The van der Waals surface area contributed by atoms with Gasteiger partial charge < -0.3 is 10.6 Å². The van der Waals surface area contributed by atoms with Crippen molar-refractivity contribution in [3.63, 3.8) is 0 Å². The molecule has 1 heterocycles. The second kappa shape index (κ2) is 8.52. The van der Waals surface area contributed by atoms with Crippen LogP contribution in [-0.4, -0.2) is 23.3 Å². The predicted octanol–water partition coefficient (Wildman–Crippen LogP) is 4.08. The van der Waals surface area contributed by atoms with Crippen molar-refractivity contribution < 1.29 is 9.59 Å². The van der Waals surface area contributed by atoms with Gasteiger partial charge in [0.2, 0.25) is 11.8 Å². The standard InChI is InChI=1S/C24H21N3O2/c28-23(15-14-19-13-12-18-7-2-4-10-21(18)26-19)25-16-24(29)27-22-11-5-8-17-6-1-3-9-20(17)22/h1-13H,14-16H2,(H,25,28)(H,27,29). The molecule has 0 saturated carbocycles. The first kappa shape index (κ1) is 18.6. The van der Waals surface area contributed by atoms with Gasteiger partial charge in [0.05, 0.1) is 12.1 Å². The minimum absolute atomic E-state index is 0.0623. The largest absolute Gasteiger partial charge is 0.347 e. The van der Waals surface area contributed by atoms with E-state index < -0.39 is 0 Å². The van der Waals surface area contributed by atoms with E-state index in [1.54, 1.807) is 0 Å². The first-order chi connectivity index (χ1) is 14.2. The summed E-state index contributed by atoms with van der Waals surface area (Å²) in [6.45, 7) is -0.0623. The van der Waals surface area contributed by atoms with Gasteiger partial charge in [0.1, 0.15) is 0 Å². The van der Waals surface area contributed by atoms with Crippen LogP contribution in [0.3, 0.4) is 0 Å². The molecule has 0 radical (unpaired) electrons. The van der Waals surface area contributed by atoms with Crippen LogP contribution in [-0.2, 0) is 16.0 Å². The molecule has 4 aromatic rings. The lowest BCUT2D eigenvalue weighted by molar-refractivity contribution is -0.124. The quantitative estimate of drug-likeness (QED) is 0.527. The van der Waals surface area contributed by atoms with E-state index in [0.717, 1.165) is 33.1 Å². The van der Waals surface area contributed by atoms with E-state index in [1.807, 2.05) is 78.9 Å². The lowest BCUT2D eigenvalue weighted by atomic mass is 10.1. The Bertz CT molecular complexity index is 1180. The highest BCUT2D eigenvalue weighted by Gasteiger charge is 2.09. The molecule has 3 aromatic carbocycles.